The molecule has 1 heterocycles. The van der Waals surface area contributed by atoms with Crippen molar-refractivity contribution >= 4 is 17.7 Å². The molecule has 2 rings (SSSR count). The van der Waals surface area contributed by atoms with E-state index in [4.69, 9.17) is 11.6 Å². The van der Waals surface area contributed by atoms with E-state index in [1.165, 1.54) is 18.3 Å². The molecular weight excluding hydrogens is 239 g/mol. The van der Waals surface area contributed by atoms with E-state index in [1.807, 2.05) is 13.0 Å². The molecule has 0 aliphatic heterocycles. The molecule has 0 unspecified atom stereocenters. The summed E-state index contributed by atoms with van der Waals surface area (Å²) in [6.07, 6.45) is 2.94. The van der Waals surface area contributed by atoms with Crippen molar-refractivity contribution in [1.82, 2.24) is 9.97 Å². The highest BCUT2D eigenvalue weighted by Crippen LogP contribution is 2.28. The van der Waals surface area contributed by atoms with Crippen molar-refractivity contribution < 1.29 is 4.39 Å². The molecule has 1 aromatic carbocycles. The van der Waals surface area contributed by atoms with Crippen LogP contribution < -0.4 is 0 Å². The fourth-order valence-electron chi connectivity index (χ4n) is 1.48. The average molecular weight is 249 g/mol. The van der Waals surface area contributed by atoms with Gasteiger partial charge in [0.05, 0.1) is 16.9 Å². The maximum atomic E-state index is 13.8. The second-order valence-electron chi connectivity index (χ2n) is 3.61. The third-order valence-corrected chi connectivity index (χ3v) is 2.60. The predicted molar refractivity (Wildman–Crippen MR) is 67.3 cm³/mol. The number of aromatic nitrogens is 2. The van der Waals surface area contributed by atoms with E-state index >= 15 is 0 Å². The third kappa shape index (κ3) is 2.34. The maximum Gasteiger partial charge on any atom is 0.151 e. The predicted octanol–water partition coefficient (Wildman–Crippen LogP) is 3.89. The lowest BCUT2D eigenvalue weighted by Crippen LogP contribution is -1.94. The van der Waals surface area contributed by atoms with Crippen molar-refractivity contribution in [1.29, 1.82) is 0 Å². The second-order valence-corrected chi connectivity index (χ2v) is 4.02. The summed E-state index contributed by atoms with van der Waals surface area (Å²) >= 11 is 5.97. The van der Waals surface area contributed by atoms with Gasteiger partial charge in [-0.05, 0) is 30.7 Å². The van der Waals surface area contributed by atoms with Gasteiger partial charge in [0.25, 0.3) is 0 Å². The quantitative estimate of drug-likeness (QED) is 0.806. The molecule has 0 amide bonds. The van der Waals surface area contributed by atoms with Crippen molar-refractivity contribution in [2.75, 3.05) is 0 Å². The van der Waals surface area contributed by atoms with Crippen molar-refractivity contribution in [2.45, 2.75) is 6.92 Å². The molecule has 1 aromatic heterocycles. The molecule has 4 heteroatoms. The highest BCUT2D eigenvalue weighted by molar-refractivity contribution is 6.32. The van der Waals surface area contributed by atoms with E-state index in [9.17, 15) is 4.39 Å². The molecule has 0 atom stereocenters. The first-order valence-electron chi connectivity index (χ1n) is 5.03. The van der Waals surface area contributed by atoms with E-state index in [2.05, 4.69) is 16.5 Å². The zero-order valence-electron chi connectivity index (χ0n) is 9.24. The third-order valence-electron chi connectivity index (χ3n) is 2.33. The molecule has 17 heavy (non-hydrogen) atoms. The monoisotopic (exact) mass is 248 g/mol. The first-order chi connectivity index (χ1) is 8.11. The Morgan fingerprint density at radius 2 is 2.18 bits per heavy atom. The Kier molecular flexibility index (Phi) is 3.20. The molecule has 0 aliphatic rings. The molecule has 86 valence electrons. The van der Waals surface area contributed by atoms with Crippen LogP contribution in [0.3, 0.4) is 0 Å². The first-order valence-corrected chi connectivity index (χ1v) is 5.41. The van der Waals surface area contributed by atoms with Gasteiger partial charge in [-0.2, -0.15) is 0 Å². The minimum atomic E-state index is -0.347. The Bertz CT molecular complexity index is 582. The van der Waals surface area contributed by atoms with Crippen LogP contribution in [0.4, 0.5) is 4.39 Å². The summed E-state index contributed by atoms with van der Waals surface area (Å²) in [5, 5.41) is 0.318. The van der Waals surface area contributed by atoms with Gasteiger partial charge in [0.15, 0.2) is 5.82 Å². The number of halogens is 2. The van der Waals surface area contributed by atoms with Gasteiger partial charge < -0.3 is 0 Å². The average Bonchev–Trinajstić information content (AvgIpc) is 2.30. The Morgan fingerprint density at radius 3 is 2.82 bits per heavy atom. The van der Waals surface area contributed by atoms with Crippen LogP contribution in [0.2, 0.25) is 5.02 Å². The summed E-state index contributed by atoms with van der Waals surface area (Å²) in [4.78, 5) is 8.10. The topological polar surface area (TPSA) is 25.8 Å². The molecule has 2 nitrogen and oxygen atoms in total. The van der Waals surface area contributed by atoms with E-state index < -0.39 is 0 Å². The number of aryl methyl sites for hydroxylation is 1. The van der Waals surface area contributed by atoms with Gasteiger partial charge in [-0.15, -0.1) is 0 Å². The summed E-state index contributed by atoms with van der Waals surface area (Å²) in [5.41, 5.74) is 1.60. The van der Waals surface area contributed by atoms with Gasteiger partial charge in [-0.25, -0.2) is 14.4 Å². The minimum absolute atomic E-state index is 0.318. The van der Waals surface area contributed by atoms with Crippen molar-refractivity contribution in [2.24, 2.45) is 0 Å². The Morgan fingerprint density at radius 1 is 1.41 bits per heavy atom. The maximum absolute atomic E-state index is 13.8. The Labute approximate surface area is 104 Å². The van der Waals surface area contributed by atoms with E-state index in [-0.39, 0.29) is 5.82 Å². The number of hydrogen-bond donors (Lipinski definition) is 0. The summed E-state index contributed by atoms with van der Waals surface area (Å²) < 4.78 is 13.8. The Hall–Kier alpha value is -1.74. The van der Waals surface area contributed by atoms with Crippen molar-refractivity contribution in [3.63, 3.8) is 0 Å². The Balaban J connectivity index is 2.63. The van der Waals surface area contributed by atoms with Crippen LogP contribution in [-0.4, -0.2) is 9.97 Å². The van der Waals surface area contributed by atoms with Gasteiger partial charge in [-0.3, -0.25) is 0 Å². The zero-order chi connectivity index (χ0) is 12.4. The molecule has 0 N–H and O–H groups in total. The highest BCUT2D eigenvalue weighted by Gasteiger charge is 2.11. The van der Waals surface area contributed by atoms with Crippen molar-refractivity contribution in [3.05, 3.63) is 53.2 Å². The highest BCUT2D eigenvalue weighted by atomic mass is 35.5. The van der Waals surface area contributed by atoms with Gasteiger partial charge in [0.2, 0.25) is 0 Å². The van der Waals surface area contributed by atoms with Gasteiger partial charge in [-0.1, -0.05) is 24.2 Å². The molecule has 0 fully saturated rings. The molecule has 0 saturated heterocycles. The summed E-state index contributed by atoms with van der Waals surface area (Å²) in [6.45, 7) is 5.39. The largest absolute Gasteiger partial charge is 0.236 e. The first kappa shape index (κ1) is 11.7. The normalized spacial score (nSPS) is 10.3. The van der Waals surface area contributed by atoms with Crippen LogP contribution in [0.25, 0.3) is 17.3 Å². The SMILES string of the molecule is C=Cc1ncc(Cl)c(-c2ccc(C)cc2F)n1. The molecule has 0 spiro atoms. The number of rotatable bonds is 2. The lowest BCUT2D eigenvalue weighted by Gasteiger charge is -2.06. The summed E-state index contributed by atoms with van der Waals surface area (Å²) in [6, 6.07) is 4.91. The molecule has 0 saturated carbocycles. The van der Waals surface area contributed by atoms with E-state index in [0.717, 1.165) is 5.56 Å². The fourth-order valence-corrected chi connectivity index (χ4v) is 1.67. The van der Waals surface area contributed by atoms with Crippen LogP contribution in [0, 0.1) is 12.7 Å². The minimum Gasteiger partial charge on any atom is -0.236 e. The van der Waals surface area contributed by atoms with Gasteiger partial charge in [0, 0.05) is 5.56 Å². The van der Waals surface area contributed by atoms with Gasteiger partial charge in [0.1, 0.15) is 5.82 Å². The fraction of sp³-hybridized carbons (Fsp3) is 0.0769. The number of benzene rings is 1. The standard InChI is InChI=1S/C13H10ClFN2/c1-3-12-16-7-10(14)13(17-12)9-5-4-8(2)6-11(9)15/h3-7H,1H2,2H3. The van der Waals surface area contributed by atoms with Crippen LogP contribution in [0.15, 0.2) is 31.0 Å². The smallest absolute Gasteiger partial charge is 0.151 e. The van der Waals surface area contributed by atoms with Crippen LogP contribution in [0.5, 0.6) is 0 Å². The molecular formula is C13H10ClFN2. The number of hydrogen-bond acceptors (Lipinski definition) is 2. The summed E-state index contributed by atoms with van der Waals surface area (Å²) in [7, 11) is 0. The lowest BCUT2D eigenvalue weighted by molar-refractivity contribution is 0.629. The van der Waals surface area contributed by atoms with Gasteiger partial charge >= 0.3 is 0 Å². The van der Waals surface area contributed by atoms with E-state index in [1.54, 1.807) is 6.07 Å². The number of nitrogens with zero attached hydrogens (tertiary/aromatic N) is 2. The van der Waals surface area contributed by atoms with Crippen LogP contribution in [0.1, 0.15) is 11.4 Å². The molecule has 0 bridgehead atoms. The second kappa shape index (κ2) is 4.63. The van der Waals surface area contributed by atoms with Crippen molar-refractivity contribution in [3.8, 4) is 11.3 Å². The van der Waals surface area contributed by atoms with Crippen LogP contribution >= 0.6 is 11.6 Å². The molecule has 0 radical (unpaired) electrons. The van der Waals surface area contributed by atoms with Crippen LogP contribution in [-0.2, 0) is 0 Å². The lowest BCUT2D eigenvalue weighted by atomic mass is 10.1. The molecule has 2 aromatic rings. The molecule has 0 aliphatic carbocycles. The summed E-state index contributed by atoms with van der Waals surface area (Å²) in [5.74, 6) is 0.0741. The van der Waals surface area contributed by atoms with E-state index in [0.29, 0.717) is 22.1 Å². The zero-order valence-corrected chi connectivity index (χ0v) is 10.0.